The number of pyridine rings is 1. The van der Waals surface area contributed by atoms with Crippen LogP contribution in [0.1, 0.15) is 10.5 Å². The summed E-state index contributed by atoms with van der Waals surface area (Å²) in [6.45, 7) is 0. The van der Waals surface area contributed by atoms with Crippen LogP contribution in [0.15, 0.2) is 29.1 Å². The number of hydrogen-bond donors (Lipinski definition) is 0. The van der Waals surface area contributed by atoms with Gasteiger partial charge in [0.15, 0.2) is 10.4 Å². The number of imidazole rings is 1. The van der Waals surface area contributed by atoms with E-state index in [-0.39, 0.29) is 0 Å². The maximum Gasteiger partial charge on any atom is 0.358 e. The van der Waals surface area contributed by atoms with Crippen molar-refractivity contribution in [2.24, 2.45) is 0 Å². The van der Waals surface area contributed by atoms with Crippen LogP contribution in [0.4, 0.5) is 0 Å². The van der Waals surface area contributed by atoms with Crippen LogP contribution in [0.25, 0.3) is 5.52 Å². The number of esters is 1. The second-order valence-corrected chi connectivity index (χ2v) is 3.39. The van der Waals surface area contributed by atoms with Crippen LogP contribution in [0.5, 0.6) is 0 Å². The van der Waals surface area contributed by atoms with Gasteiger partial charge in [-0.1, -0.05) is 6.07 Å². The Morgan fingerprint density at radius 3 is 3.07 bits per heavy atom. The van der Waals surface area contributed by atoms with Crippen LogP contribution < -0.4 is 0 Å². The number of ether oxygens (including phenoxy) is 1. The summed E-state index contributed by atoms with van der Waals surface area (Å²) in [5.74, 6) is -0.431. The number of carbonyl (C=O) groups excluding carboxylic acids is 1. The molecule has 0 aliphatic carbocycles. The highest BCUT2D eigenvalue weighted by Gasteiger charge is 2.15. The quantitative estimate of drug-likeness (QED) is 0.731. The third-order valence-electron chi connectivity index (χ3n) is 1.88. The van der Waals surface area contributed by atoms with E-state index in [9.17, 15) is 4.79 Å². The number of halogens is 1. The van der Waals surface area contributed by atoms with Gasteiger partial charge in [-0.05, 0) is 28.1 Å². The SMILES string of the molecule is COC(=O)c1nc(Br)n2ccccc12. The zero-order valence-corrected chi connectivity index (χ0v) is 8.98. The first-order valence-corrected chi connectivity index (χ1v) is 4.74. The number of fused-ring (bicyclic) bond motifs is 1. The molecule has 0 fully saturated rings. The van der Waals surface area contributed by atoms with Gasteiger partial charge < -0.3 is 4.74 Å². The van der Waals surface area contributed by atoms with Crippen molar-refractivity contribution >= 4 is 27.4 Å². The Labute approximate surface area is 88.6 Å². The predicted octanol–water partition coefficient (Wildman–Crippen LogP) is 1.88. The molecule has 0 amide bonds. The fourth-order valence-corrected chi connectivity index (χ4v) is 1.73. The molecular weight excluding hydrogens is 248 g/mol. The smallest absolute Gasteiger partial charge is 0.358 e. The topological polar surface area (TPSA) is 43.6 Å². The molecule has 0 aliphatic heterocycles. The van der Waals surface area contributed by atoms with E-state index in [1.54, 1.807) is 4.40 Å². The highest BCUT2D eigenvalue weighted by Crippen LogP contribution is 2.17. The Hall–Kier alpha value is -1.36. The summed E-state index contributed by atoms with van der Waals surface area (Å²) in [7, 11) is 1.34. The minimum atomic E-state index is -0.431. The van der Waals surface area contributed by atoms with E-state index < -0.39 is 5.97 Å². The van der Waals surface area contributed by atoms with Gasteiger partial charge in [-0.2, -0.15) is 0 Å². The lowest BCUT2D eigenvalue weighted by Crippen LogP contribution is -2.01. The fraction of sp³-hybridized carbons (Fsp3) is 0.111. The van der Waals surface area contributed by atoms with Gasteiger partial charge in [-0.25, -0.2) is 9.78 Å². The third-order valence-corrected chi connectivity index (χ3v) is 2.44. The van der Waals surface area contributed by atoms with Crippen molar-refractivity contribution in [1.82, 2.24) is 9.38 Å². The molecule has 14 heavy (non-hydrogen) atoms. The van der Waals surface area contributed by atoms with Crippen LogP contribution in [0.2, 0.25) is 0 Å². The largest absolute Gasteiger partial charge is 0.464 e. The standard InChI is InChI=1S/C9H7BrN2O2/c1-14-8(13)7-6-4-2-3-5-12(6)9(10)11-7/h2-5H,1H3. The zero-order valence-electron chi connectivity index (χ0n) is 7.40. The second-order valence-electron chi connectivity index (χ2n) is 2.68. The molecule has 0 atom stereocenters. The van der Waals surface area contributed by atoms with Crippen molar-refractivity contribution in [3.05, 3.63) is 34.8 Å². The predicted molar refractivity (Wildman–Crippen MR) is 54.2 cm³/mol. The number of hydrogen-bond acceptors (Lipinski definition) is 3. The van der Waals surface area contributed by atoms with E-state index >= 15 is 0 Å². The summed E-state index contributed by atoms with van der Waals surface area (Å²) in [5, 5.41) is 0. The molecule has 2 aromatic rings. The van der Waals surface area contributed by atoms with Gasteiger partial charge in [-0.15, -0.1) is 0 Å². The van der Waals surface area contributed by atoms with Crippen LogP contribution in [0.3, 0.4) is 0 Å². The van der Waals surface area contributed by atoms with Gasteiger partial charge >= 0.3 is 5.97 Å². The maximum atomic E-state index is 11.3. The molecule has 0 spiro atoms. The van der Waals surface area contributed by atoms with Gasteiger partial charge in [0.2, 0.25) is 0 Å². The number of carbonyl (C=O) groups is 1. The Kier molecular flexibility index (Phi) is 2.25. The first-order valence-electron chi connectivity index (χ1n) is 3.95. The highest BCUT2D eigenvalue weighted by atomic mass is 79.9. The molecule has 0 aliphatic rings. The second kappa shape index (κ2) is 3.42. The van der Waals surface area contributed by atoms with Gasteiger partial charge in [0.25, 0.3) is 0 Å². The molecule has 0 unspecified atom stereocenters. The van der Waals surface area contributed by atoms with Crippen molar-refractivity contribution in [1.29, 1.82) is 0 Å². The van der Waals surface area contributed by atoms with Gasteiger partial charge in [0.1, 0.15) is 0 Å². The van der Waals surface area contributed by atoms with Crippen molar-refractivity contribution in [3.63, 3.8) is 0 Å². The molecule has 0 aromatic carbocycles. The first-order chi connectivity index (χ1) is 6.74. The molecule has 0 bridgehead atoms. The van der Waals surface area contributed by atoms with E-state index in [2.05, 4.69) is 25.7 Å². The van der Waals surface area contributed by atoms with Crippen LogP contribution >= 0.6 is 15.9 Å². The summed E-state index contributed by atoms with van der Waals surface area (Å²) < 4.78 is 6.98. The fourth-order valence-electron chi connectivity index (χ4n) is 1.25. The third kappa shape index (κ3) is 1.29. The van der Waals surface area contributed by atoms with Crippen molar-refractivity contribution in [2.75, 3.05) is 7.11 Å². The van der Waals surface area contributed by atoms with Gasteiger partial charge in [0, 0.05) is 6.20 Å². The van der Waals surface area contributed by atoms with Crippen molar-refractivity contribution < 1.29 is 9.53 Å². The summed E-state index contributed by atoms with van der Waals surface area (Å²) in [6, 6.07) is 5.51. The normalized spacial score (nSPS) is 10.4. The molecule has 2 rings (SSSR count). The first kappa shape index (κ1) is 9.21. The monoisotopic (exact) mass is 254 g/mol. The molecule has 0 radical (unpaired) electrons. The molecule has 0 saturated carbocycles. The molecule has 72 valence electrons. The van der Waals surface area contributed by atoms with E-state index in [4.69, 9.17) is 0 Å². The summed E-state index contributed by atoms with van der Waals surface area (Å²) >= 11 is 3.26. The average Bonchev–Trinajstić information content (AvgIpc) is 2.56. The summed E-state index contributed by atoms with van der Waals surface area (Å²) in [6.07, 6.45) is 1.82. The summed E-state index contributed by atoms with van der Waals surface area (Å²) in [4.78, 5) is 15.4. The minimum Gasteiger partial charge on any atom is -0.464 e. The molecule has 2 heterocycles. The molecule has 4 nitrogen and oxygen atoms in total. The summed E-state index contributed by atoms with van der Waals surface area (Å²) in [5.41, 5.74) is 1.05. The molecule has 2 aromatic heterocycles. The number of aromatic nitrogens is 2. The number of methoxy groups -OCH3 is 1. The van der Waals surface area contributed by atoms with Gasteiger partial charge in [0.05, 0.1) is 12.6 Å². The van der Waals surface area contributed by atoms with Crippen molar-refractivity contribution in [2.45, 2.75) is 0 Å². The van der Waals surface area contributed by atoms with Crippen LogP contribution in [-0.4, -0.2) is 22.5 Å². The minimum absolute atomic E-state index is 0.319. The lowest BCUT2D eigenvalue weighted by Gasteiger charge is -1.95. The van der Waals surface area contributed by atoms with E-state index in [1.165, 1.54) is 7.11 Å². The average molecular weight is 255 g/mol. The lowest BCUT2D eigenvalue weighted by molar-refractivity contribution is 0.0597. The van der Waals surface area contributed by atoms with Gasteiger partial charge in [-0.3, -0.25) is 4.40 Å². The van der Waals surface area contributed by atoms with E-state index in [1.807, 2.05) is 24.4 Å². The highest BCUT2D eigenvalue weighted by molar-refractivity contribution is 9.10. The maximum absolute atomic E-state index is 11.3. The Bertz CT molecular complexity index is 493. The Morgan fingerprint density at radius 2 is 2.36 bits per heavy atom. The number of nitrogens with zero attached hydrogens (tertiary/aromatic N) is 2. The van der Waals surface area contributed by atoms with E-state index in [0.717, 1.165) is 5.52 Å². The van der Waals surface area contributed by atoms with Crippen molar-refractivity contribution in [3.8, 4) is 0 Å². The van der Waals surface area contributed by atoms with E-state index in [0.29, 0.717) is 10.4 Å². The molecule has 5 heteroatoms. The Morgan fingerprint density at radius 1 is 1.57 bits per heavy atom. The zero-order chi connectivity index (χ0) is 10.1. The Balaban J connectivity index is 2.72. The molecule has 0 N–H and O–H groups in total. The molecule has 0 saturated heterocycles. The van der Waals surface area contributed by atoms with Crippen LogP contribution in [-0.2, 0) is 4.74 Å². The molecular formula is C9H7BrN2O2. The lowest BCUT2D eigenvalue weighted by atomic mass is 10.3. The van der Waals surface area contributed by atoms with Crippen LogP contribution in [0, 0.1) is 0 Å². The number of rotatable bonds is 1.